The monoisotopic (exact) mass is 451 g/mol. The molecule has 1 amide bonds. The van der Waals surface area contributed by atoms with Crippen molar-refractivity contribution < 1.29 is 18.8 Å². The van der Waals surface area contributed by atoms with Gasteiger partial charge >= 0.3 is 5.88 Å². The minimum atomic E-state index is -0.352. The number of methoxy groups -OCH3 is 1. The second-order valence-corrected chi connectivity index (χ2v) is 8.58. The molecule has 0 unspecified atom stereocenters. The second-order valence-electron chi connectivity index (χ2n) is 7.58. The molecular weight excluding hydrogens is 428 g/mol. The van der Waals surface area contributed by atoms with Crippen molar-refractivity contribution in [2.45, 2.75) is 19.3 Å². The molecule has 0 bridgehead atoms. The van der Waals surface area contributed by atoms with E-state index in [1.807, 2.05) is 36.4 Å². The Morgan fingerprint density at radius 1 is 1.25 bits per heavy atom. The van der Waals surface area contributed by atoms with E-state index in [-0.39, 0.29) is 11.8 Å². The lowest BCUT2D eigenvalue weighted by Crippen LogP contribution is -2.60. The standard InChI is InChI=1S/C22H22N6O3S/c1-30-15-7-5-6-14(12-15)17-9-8-16-19(23)20(32-22(16)24-17)21(29)25-18-13-28(26-31-18)27-10-3-2-4-11-27/h5-9,12-13H,2-4,10-11H2,1H3,(H2-,23,25,26,29)/p+1. The Labute approximate surface area is 188 Å². The third-order valence-corrected chi connectivity index (χ3v) is 6.59. The van der Waals surface area contributed by atoms with E-state index in [9.17, 15) is 4.79 Å². The molecule has 10 heteroatoms. The third-order valence-electron chi connectivity index (χ3n) is 5.48. The molecule has 3 N–H and O–H groups in total. The molecule has 4 aromatic rings. The predicted molar refractivity (Wildman–Crippen MR) is 122 cm³/mol. The first kappa shape index (κ1) is 20.3. The molecule has 32 heavy (non-hydrogen) atoms. The first-order valence-corrected chi connectivity index (χ1v) is 11.2. The summed E-state index contributed by atoms with van der Waals surface area (Å²) in [6, 6.07) is 11.4. The number of benzene rings is 1. The normalized spacial score (nSPS) is 14.0. The Balaban J connectivity index is 1.38. The molecule has 164 valence electrons. The van der Waals surface area contributed by atoms with Crippen LogP contribution in [0.1, 0.15) is 28.9 Å². The van der Waals surface area contributed by atoms with Crippen molar-refractivity contribution in [3.63, 3.8) is 0 Å². The van der Waals surface area contributed by atoms with Crippen LogP contribution in [-0.2, 0) is 0 Å². The fraction of sp³-hybridized carbons (Fsp3) is 0.273. The number of rotatable bonds is 5. The number of nitrogen functional groups attached to an aromatic ring is 1. The zero-order valence-corrected chi connectivity index (χ0v) is 18.4. The Morgan fingerprint density at radius 3 is 2.91 bits per heavy atom. The number of thiophene rings is 1. The molecule has 5 rings (SSSR count). The van der Waals surface area contributed by atoms with E-state index in [0.29, 0.717) is 15.4 Å². The highest BCUT2D eigenvalue weighted by atomic mass is 32.1. The van der Waals surface area contributed by atoms with E-state index < -0.39 is 0 Å². The number of pyridine rings is 1. The molecular formula is C22H23N6O3S+. The van der Waals surface area contributed by atoms with Gasteiger partial charge in [0, 0.05) is 10.9 Å². The molecule has 4 heterocycles. The number of carbonyl (C=O) groups is 1. The van der Waals surface area contributed by atoms with Gasteiger partial charge in [0.25, 0.3) is 12.1 Å². The molecule has 1 aliphatic heterocycles. The number of piperidine rings is 1. The van der Waals surface area contributed by atoms with Crippen molar-refractivity contribution in [1.29, 1.82) is 0 Å². The predicted octanol–water partition coefficient (Wildman–Crippen LogP) is 3.20. The van der Waals surface area contributed by atoms with Crippen molar-refractivity contribution in [2.75, 3.05) is 36.3 Å². The number of ether oxygens (including phenoxy) is 1. The molecule has 0 atom stereocenters. The summed E-state index contributed by atoms with van der Waals surface area (Å²) in [7, 11) is 1.63. The van der Waals surface area contributed by atoms with Crippen LogP contribution in [0.2, 0.25) is 0 Å². The molecule has 0 saturated carbocycles. The summed E-state index contributed by atoms with van der Waals surface area (Å²) >= 11 is 1.25. The van der Waals surface area contributed by atoms with Crippen molar-refractivity contribution in [3.8, 4) is 17.0 Å². The molecule has 1 aromatic carbocycles. The number of fused-ring (bicyclic) bond motifs is 1. The van der Waals surface area contributed by atoms with E-state index in [0.717, 1.165) is 48.3 Å². The molecule has 0 spiro atoms. The average molecular weight is 452 g/mol. The van der Waals surface area contributed by atoms with Gasteiger partial charge in [-0.1, -0.05) is 12.1 Å². The number of aromatic nitrogens is 3. The number of nitrogens with one attached hydrogen (secondary N) is 1. The highest BCUT2D eigenvalue weighted by molar-refractivity contribution is 7.21. The SMILES string of the molecule is COc1cccc(-c2ccc3c(N)c(C(=O)Nc4c[n+](N5CCCCC5)no4)sc3n2)c1. The van der Waals surface area contributed by atoms with Gasteiger partial charge in [-0.2, -0.15) is 5.01 Å². The summed E-state index contributed by atoms with van der Waals surface area (Å²) in [5, 5.41) is 9.59. The summed E-state index contributed by atoms with van der Waals surface area (Å²) in [5.74, 6) is 0.668. The van der Waals surface area contributed by atoms with Gasteiger partial charge in [0.2, 0.25) is 5.27 Å². The van der Waals surface area contributed by atoms with Crippen LogP contribution in [0.25, 0.3) is 21.5 Å². The van der Waals surface area contributed by atoms with E-state index in [4.69, 9.17) is 20.0 Å². The van der Waals surface area contributed by atoms with Crippen LogP contribution in [0.5, 0.6) is 5.75 Å². The summed E-state index contributed by atoms with van der Waals surface area (Å²) in [6.45, 7) is 1.82. The number of anilines is 2. The molecule has 1 saturated heterocycles. The summed E-state index contributed by atoms with van der Waals surface area (Å²) in [6.07, 6.45) is 5.12. The summed E-state index contributed by atoms with van der Waals surface area (Å²) in [4.78, 5) is 20.3. The second kappa shape index (κ2) is 8.46. The highest BCUT2D eigenvalue weighted by Gasteiger charge is 2.25. The maximum absolute atomic E-state index is 12.9. The number of nitrogens with two attached hydrogens (primary N) is 1. The van der Waals surface area contributed by atoms with Crippen LogP contribution in [0.3, 0.4) is 0 Å². The van der Waals surface area contributed by atoms with E-state index in [2.05, 4.69) is 15.6 Å². The maximum atomic E-state index is 12.9. The molecule has 0 aliphatic carbocycles. The van der Waals surface area contributed by atoms with Crippen LogP contribution >= 0.6 is 11.3 Å². The Morgan fingerprint density at radius 2 is 2.09 bits per heavy atom. The molecule has 1 fully saturated rings. The minimum Gasteiger partial charge on any atom is -0.497 e. The first-order valence-electron chi connectivity index (χ1n) is 10.4. The molecule has 0 radical (unpaired) electrons. The van der Waals surface area contributed by atoms with Crippen LogP contribution in [0.4, 0.5) is 11.6 Å². The van der Waals surface area contributed by atoms with E-state index in [1.165, 1.54) is 17.8 Å². The molecule has 9 nitrogen and oxygen atoms in total. The minimum absolute atomic E-state index is 0.266. The maximum Gasteiger partial charge on any atom is 0.306 e. The number of hydrogen-bond donors (Lipinski definition) is 2. The zero-order chi connectivity index (χ0) is 22.1. The zero-order valence-electron chi connectivity index (χ0n) is 17.6. The number of carbonyl (C=O) groups excluding carboxylic acids is 1. The van der Waals surface area contributed by atoms with Gasteiger partial charge in [0.15, 0.2) is 0 Å². The Bertz CT molecular complexity index is 1280. The lowest BCUT2D eigenvalue weighted by Gasteiger charge is -2.17. The summed E-state index contributed by atoms with van der Waals surface area (Å²) in [5.41, 5.74) is 8.38. The Kier molecular flexibility index (Phi) is 5.36. The topological polar surface area (TPSA) is 110 Å². The van der Waals surface area contributed by atoms with Crippen molar-refractivity contribution >= 4 is 39.0 Å². The number of amides is 1. The summed E-state index contributed by atoms with van der Waals surface area (Å²) < 4.78 is 10.6. The van der Waals surface area contributed by atoms with Crippen LogP contribution < -0.4 is 25.6 Å². The lowest BCUT2D eigenvalue weighted by molar-refractivity contribution is -0.759. The van der Waals surface area contributed by atoms with E-state index >= 15 is 0 Å². The van der Waals surface area contributed by atoms with Crippen LogP contribution in [0.15, 0.2) is 47.1 Å². The Hall–Kier alpha value is -3.66. The third kappa shape index (κ3) is 3.84. The van der Waals surface area contributed by atoms with Crippen molar-refractivity contribution in [1.82, 2.24) is 10.3 Å². The quantitative estimate of drug-likeness (QED) is 0.448. The van der Waals surface area contributed by atoms with Gasteiger partial charge < -0.3 is 10.5 Å². The van der Waals surface area contributed by atoms with Crippen LogP contribution in [0, 0.1) is 0 Å². The number of nitrogens with zero attached hydrogens (tertiary/aromatic N) is 4. The van der Waals surface area contributed by atoms with Gasteiger partial charge in [-0.05, 0) is 43.5 Å². The van der Waals surface area contributed by atoms with Gasteiger partial charge in [0.05, 0.1) is 36.4 Å². The smallest absolute Gasteiger partial charge is 0.306 e. The molecule has 1 aliphatic rings. The van der Waals surface area contributed by atoms with Gasteiger partial charge in [-0.25, -0.2) is 4.98 Å². The largest absolute Gasteiger partial charge is 0.497 e. The lowest BCUT2D eigenvalue weighted by atomic mass is 10.1. The fourth-order valence-electron chi connectivity index (χ4n) is 3.79. The van der Waals surface area contributed by atoms with E-state index in [1.54, 1.807) is 18.1 Å². The first-order chi connectivity index (χ1) is 15.6. The van der Waals surface area contributed by atoms with Crippen molar-refractivity contribution in [3.05, 3.63) is 47.5 Å². The molecule has 3 aromatic heterocycles. The highest BCUT2D eigenvalue weighted by Crippen LogP contribution is 2.35. The average Bonchev–Trinajstić information content (AvgIpc) is 3.44. The number of hydrogen-bond acceptors (Lipinski definition) is 8. The van der Waals surface area contributed by atoms with Gasteiger partial charge in [-0.15, -0.1) is 11.3 Å². The fourth-order valence-corrected chi connectivity index (χ4v) is 4.77. The van der Waals surface area contributed by atoms with Crippen molar-refractivity contribution in [2.24, 2.45) is 0 Å². The van der Waals surface area contributed by atoms with Gasteiger partial charge in [-0.3, -0.25) is 14.6 Å². The van der Waals surface area contributed by atoms with Crippen LogP contribution in [-0.4, -0.2) is 36.4 Å². The van der Waals surface area contributed by atoms with Gasteiger partial charge in [0.1, 0.15) is 15.5 Å².